The van der Waals surface area contributed by atoms with Gasteiger partial charge in [0, 0.05) is 18.4 Å². The lowest BCUT2D eigenvalue weighted by molar-refractivity contribution is -0.954. The van der Waals surface area contributed by atoms with Gasteiger partial charge in [0.1, 0.15) is 21.8 Å². The summed E-state index contributed by atoms with van der Waals surface area (Å²) in [6.45, 7) is 8.48. The molecule has 3 atom stereocenters. The van der Waals surface area contributed by atoms with Crippen LogP contribution in [0.3, 0.4) is 0 Å². The Hall–Kier alpha value is -3.80. The van der Waals surface area contributed by atoms with E-state index in [4.69, 9.17) is 23.7 Å². The molecular formula is C34H45NO9S. The Bertz CT molecular complexity index is 1570. The third-order valence-electron chi connectivity index (χ3n) is 8.12. The smallest absolute Gasteiger partial charge is 0.365 e. The number of ether oxygens (including phenoxy) is 5. The van der Waals surface area contributed by atoms with Gasteiger partial charge in [-0.15, -0.1) is 0 Å². The van der Waals surface area contributed by atoms with Gasteiger partial charge in [0.2, 0.25) is 0 Å². The number of esters is 1. The summed E-state index contributed by atoms with van der Waals surface area (Å²) < 4.78 is 59.4. The van der Waals surface area contributed by atoms with Gasteiger partial charge in [-0.25, -0.2) is 13.2 Å². The average Bonchev–Trinajstić information content (AvgIpc) is 3.00. The van der Waals surface area contributed by atoms with Gasteiger partial charge in [-0.05, 0) is 75.2 Å². The number of likely N-dealkylation sites (N-methyl/N-ethyl adjacent to an activating group) is 1. The summed E-state index contributed by atoms with van der Waals surface area (Å²) in [4.78, 5) is 13.1. The van der Waals surface area contributed by atoms with Gasteiger partial charge in [-0.2, -0.15) is 0 Å². The zero-order valence-corrected chi connectivity index (χ0v) is 28.4. The first-order chi connectivity index (χ1) is 21.1. The van der Waals surface area contributed by atoms with E-state index in [9.17, 15) is 17.8 Å². The van der Waals surface area contributed by atoms with Crippen molar-refractivity contribution in [3.8, 4) is 23.0 Å². The molecule has 1 aliphatic rings. The number of nitrogens with zero attached hydrogens (tertiary/aromatic N) is 1. The van der Waals surface area contributed by atoms with Gasteiger partial charge in [0.05, 0.1) is 46.9 Å². The zero-order valence-electron chi connectivity index (χ0n) is 27.6. The fourth-order valence-corrected chi connectivity index (χ4v) is 6.02. The van der Waals surface area contributed by atoms with Gasteiger partial charge < -0.3 is 32.7 Å². The van der Waals surface area contributed by atoms with E-state index in [-0.39, 0.29) is 22.9 Å². The van der Waals surface area contributed by atoms with Crippen LogP contribution in [0, 0.1) is 0 Å². The SMILES string of the molecule is COc1ccc(C[C@@H]2c3cc(OC)c(OC)cc3CC[N+]2(C)C(C)C(=O)OC(C)(C)C)cc1OC.O=S(=O)([O-])c1ccccc1. The molecule has 0 saturated heterocycles. The minimum atomic E-state index is -4.25. The summed E-state index contributed by atoms with van der Waals surface area (Å²) in [5.41, 5.74) is 2.91. The minimum Gasteiger partial charge on any atom is -0.744 e. The van der Waals surface area contributed by atoms with E-state index in [0.717, 1.165) is 24.1 Å². The van der Waals surface area contributed by atoms with Crippen molar-refractivity contribution in [1.82, 2.24) is 0 Å². The molecule has 11 heteroatoms. The van der Waals surface area contributed by atoms with Crippen LogP contribution in [0.4, 0.5) is 0 Å². The molecule has 0 fully saturated rings. The summed E-state index contributed by atoms with van der Waals surface area (Å²) in [5.74, 6) is 2.57. The second-order valence-electron chi connectivity index (χ2n) is 12.1. The molecule has 4 rings (SSSR count). The molecule has 3 aromatic rings. The summed E-state index contributed by atoms with van der Waals surface area (Å²) >= 11 is 0. The molecule has 0 N–H and O–H groups in total. The molecule has 0 radical (unpaired) electrons. The fourth-order valence-electron chi connectivity index (χ4n) is 5.53. The first-order valence-corrected chi connectivity index (χ1v) is 16.0. The summed E-state index contributed by atoms with van der Waals surface area (Å²) in [6, 6.07) is 16.9. The van der Waals surface area contributed by atoms with Crippen molar-refractivity contribution in [1.29, 1.82) is 0 Å². The molecule has 0 spiro atoms. The van der Waals surface area contributed by atoms with Crippen LogP contribution in [0.1, 0.15) is 50.4 Å². The van der Waals surface area contributed by atoms with Gasteiger partial charge in [0.15, 0.2) is 29.0 Å². The largest absolute Gasteiger partial charge is 0.744 e. The van der Waals surface area contributed by atoms with E-state index in [1.54, 1.807) is 34.5 Å². The van der Waals surface area contributed by atoms with Crippen molar-refractivity contribution < 1.29 is 45.9 Å². The van der Waals surface area contributed by atoms with Crippen molar-refractivity contribution in [3.63, 3.8) is 0 Å². The van der Waals surface area contributed by atoms with Crippen LogP contribution >= 0.6 is 0 Å². The molecule has 0 bridgehead atoms. The first-order valence-electron chi connectivity index (χ1n) is 14.6. The molecule has 0 amide bonds. The third-order valence-corrected chi connectivity index (χ3v) is 8.97. The fraction of sp³-hybridized carbons (Fsp3) is 0.441. The lowest BCUT2D eigenvalue weighted by Crippen LogP contribution is -2.60. The Morgan fingerprint density at radius 1 is 0.889 bits per heavy atom. The predicted molar refractivity (Wildman–Crippen MR) is 170 cm³/mol. The Labute approximate surface area is 267 Å². The van der Waals surface area contributed by atoms with Crippen molar-refractivity contribution in [3.05, 3.63) is 77.4 Å². The quantitative estimate of drug-likeness (QED) is 0.173. The number of carbonyl (C=O) groups excluding carboxylic acids is 1. The zero-order chi connectivity index (χ0) is 33.6. The molecule has 3 aromatic carbocycles. The third kappa shape index (κ3) is 8.68. The van der Waals surface area contributed by atoms with Gasteiger partial charge >= 0.3 is 5.97 Å². The van der Waals surface area contributed by atoms with Crippen LogP contribution in [0.2, 0.25) is 0 Å². The van der Waals surface area contributed by atoms with E-state index in [1.165, 1.54) is 29.8 Å². The van der Waals surface area contributed by atoms with E-state index < -0.39 is 15.7 Å². The molecule has 246 valence electrons. The highest BCUT2D eigenvalue weighted by atomic mass is 32.2. The number of benzene rings is 3. The minimum absolute atomic E-state index is 0.0147. The molecule has 45 heavy (non-hydrogen) atoms. The summed E-state index contributed by atoms with van der Waals surface area (Å²) in [5, 5.41) is 0. The highest BCUT2D eigenvalue weighted by molar-refractivity contribution is 7.85. The monoisotopic (exact) mass is 643 g/mol. The number of methoxy groups -OCH3 is 4. The number of carbonyl (C=O) groups is 1. The molecule has 0 aromatic heterocycles. The second kappa shape index (κ2) is 14.5. The average molecular weight is 644 g/mol. The molecule has 1 aliphatic heterocycles. The predicted octanol–water partition coefficient (Wildman–Crippen LogP) is 5.33. The summed E-state index contributed by atoms with van der Waals surface area (Å²) in [7, 11) is 4.47. The Balaban J connectivity index is 0.000000468. The van der Waals surface area contributed by atoms with Gasteiger partial charge in [-0.3, -0.25) is 0 Å². The normalized spacial score (nSPS) is 18.4. The van der Waals surface area contributed by atoms with Crippen molar-refractivity contribution in [2.75, 3.05) is 42.0 Å². The number of fused-ring (bicyclic) bond motifs is 1. The Morgan fingerprint density at radius 2 is 1.44 bits per heavy atom. The van der Waals surface area contributed by atoms with Crippen LogP contribution in [-0.2, 0) is 32.5 Å². The number of rotatable bonds is 9. The van der Waals surface area contributed by atoms with Gasteiger partial charge in [0.25, 0.3) is 0 Å². The van der Waals surface area contributed by atoms with E-state index in [1.807, 2.05) is 39.8 Å². The highest BCUT2D eigenvalue weighted by Gasteiger charge is 2.47. The maximum atomic E-state index is 13.3. The Kier molecular flexibility index (Phi) is 11.5. The van der Waals surface area contributed by atoms with Crippen molar-refractivity contribution in [2.24, 2.45) is 0 Å². The number of hydrogen-bond acceptors (Lipinski definition) is 9. The van der Waals surface area contributed by atoms with Gasteiger partial charge in [-0.1, -0.05) is 24.3 Å². The van der Waals surface area contributed by atoms with Crippen LogP contribution in [0.25, 0.3) is 0 Å². The van der Waals surface area contributed by atoms with E-state index in [2.05, 4.69) is 25.2 Å². The molecule has 1 heterocycles. The lowest BCUT2D eigenvalue weighted by atomic mass is 9.85. The van der Waals surface area contributed by atoms with Crippen LogP contribution in [0.5, 0.6) is 23.0 Å². The van der Waals surface area contributed by atoms with E-state index >= 15 is 0 Å². The van der Waals surface area contributed by atoms with Crippen LogP contribution in [0.15, 0.2) is 65.6 Å². The second-order valence-corrected chi connectivity index (χ2v) is 13.5. The summed E-state index contributed by atoms with van der Waals surface area (Å²) in [6.07, 6.45) is 1.52. The number of quaternary nitrogens is 1. The Morgan fingerprint density at radius 3 is 1.96 bits per heavy atom. The van der Waals surface area contributed by atoms with Crippen LogP contribution in [-0.4, -0.2) is 77.1 Å². The van der Waals surface area contributed by atoms with E-state index in [0.29, 0.717) is 33.9 Å². The number of hydrogen-bond donors (Lipinski definition) is 0. The highest BCUT2D eigenvalue weighted by Crippen LogP contribution is 2.44. The maximum Gasteiger partial charge on any atom is 0.365 e. The van der Waals surface area contributed by atoms with Crippen molar-refractivity contribution in [2.45, 2.75) is 63.1 Å². The molecule has 0 aliphatic carbocycles. The maximum absolute atomic E-state index is 13.3. The standard InChI is InChI=1S/C28H40NO6.C6H6O3S/c1-18(27(30)35-28(2,3)4)29(5)13-12-20-16-25(33-8)26(34-9)17-21(20)22(29)14-19-10-11-23(31-6)24(15-19)32-7;7-10(8,9)6-4-2-1-3-5-6/h10-11,15-18,22H,12-14H2,1-9H3;1-5H,(H,7,8,9)/q+1;/p-1/t18?,22-,29?;/m1./s1. The molecular weight excluding hydrogens is 598 g/mol. The molecule has 0 saturated carbocycles. The van der Waals surface area contributed by atoms with Crippen LogP contribution < -0.4 is 18.9 Å². The van der Waals surface area contributed by atoms with Crippen molar-refractivity contribution >= 4 is 16.1 Å². The molecule has 2 unspecified atom stereocenters. The topological polar surface area (TPSA) is 120 Å². The lowest BCUT2D eigenvalue weighted by Gasteiger charge is -2.49. The molecule has 10 nitrogen and oxygen atoms in total. The first kappa shape index (κ1) is 35.7.